The van der Waals surface area contributed by atoms with Crippen LogP contribution in [0.1, 0.15) is 17.2 Å². The van der Waals surface area contributed by atoms with Gasteiger partial charge in [0.1, 0.15) is 5.82 Å². The second-order valence-corrected chi connectivity index (χ2v) is 4.76. The molecule has 0 aliphatic carbocycles. The number of halogens is 8. The number of nitrogens with zero attached hydrogens (tertiary/aromatic N) is 1. The van der Waals surface area contributed by atoms with Gasteiger partial charge in [0.25, 0.3) is 6.43 Å². The first-order valence-corrected chi connectivity index (χ1v) is 6.41. The van der Waals surface area contributed by atoms with Crippen molar-refractivity contribution in [3.05, 3.63) is 35.1 Å². The summed E-state index contributed by atoms with van der Waals surface area (Å²) in [4.78, 5) is 1.19. The summed E-state index contributed by atoms with van der Waals surface area (Å²) in [5, 5.41) is 2.92. The summed E-state index contributed by atoms with van der Waals surface area (Å²) < 4.78 is 79.4. The van der Waals surface area contributed by atoms with Gasteiger partial charge in [-0.05, 0) is 12.1 Å². The lowest BCUT2D eigenvalue weighted by atomic mass is 9.97. The first kappa shape index (κ1) is 22.3. The van der Waals surface area contributed by atoms with Crippen LogP contribution in [0, 0.1) is 5.82 Å². The average Bonchev–Trinajstić information content (AvgIpc) is 2.40. The van der Waals surface area contributed by atoms with Crippen LogP contribution in [0.15, 0.2) is 18.2 Å². The second kappa shape index (κ2) is 8.96. The molecule has 1 heterocycles. The highest BCUT2D eigenvalue weighted by molar-refractivity contribution is 5.85. The minimum Gasteiger partial charge on any atom is -0.314 e. The molecule has 0 radical (unpaired) electrons. The number of hydrogen-bond acceptors (Lipinski definition) is 2. The van der Waals surface area contributed by atoms with Crippen molar-refractivity contribution < 1.29 is 26.3 Å². The Hall–Kier alpha value is -0.700. The number of rotatable bonds is 3. The largest absolute Gasteiger partial charge is 0.416 e. The van der Waals surface area contributed by atoms with E-state index in [4.69, 9.17) is 0 Å². The van der Waals surface area contributed by atoms with Crippen LogP contribution in [0.4, 0.5) is 26.3 Å². The van der Waals surface area contributed by atoms with Gasteiger partial charge < -0.3 is 5.32 Å². The molecule has 1 aromatic rings. The van der Waals surface area contributed by atoms with Crippen LogP contribution in [-0.2, 0) is 6.18 Å². The molecular weight excluding hydrogens is 369 g/mol. The molecule has 0 amide bonds. The third-order valence-electron chi connectivity index (χ3n) is 3.44. The number of hydrogen-bond donors (Lipinski definition) is 1. The summed E-state index contributed by atoms with van der Waals surface area (Å²) in [7, 11) is 0. The Morgan fingerprint density at radius 1 is 1.04 bits per heavy atom. The highest BCUT2D eigenvalue weighted by Gasteiger charge is 2.41. The van der Waals surface area contributed by atoms with E-state index in [0.29, 0.717) is 19.2 Å². The summed E-state index contributed by atoms with van der Waals surface area (Å²) >= 11 is 0. The predicted molar refractivity (Wildman–Crippen MR) is 79.1 cm³/mol. The Morgan fingerprint density at radius 3 is 2.09 bits per heavy atom. The van der Waals surface area contributed by atoms with E-state index in [0.717, 1.165) is 12.1 Å². The van der Waals surface area contributed by atoms with E-state index in [2.05, 4.69) is 5.32 Å². The fourth-order valence-corrected chi connectivity index (χ4v) is 2.51. The van der Waals surface area contributed by atoms with Gasteiger partial charge in [0.2, 0.25) is 0 Å². The normalized spacial score (nSPS) is 17.3. The van der Waals surface area contributed by atoms with Gasteiger partial charge in [-0.25, -0.2) is 13.2 Å². The minimum absolute atomic E-state index is 0. The van der Waals surface area contributed by atoms with Gasteiger partial charge in [-0.15, -0.1) is 24.8 Å². The van der Waals surface area contributed by atoms with Gasteiger partial charge in [0.15, 0.2) is 0 Å². The number of nitrogens with one attached hydrogen (secondary N) is 1. The second-order valence-electron chi connectivity index (χ2n) is 4.76. The lowest BCUT2D eigenvalue weighted by Gasteiger charge is -2.35. The van der Waals surface area contributed by atoms with Crippen LogP contribution in [-0.4, -0.2) is 37.5 Å². The molecule has 0 bridgehead atoms. The Kier molecular flexibility index (Phi) is 8.69. The van der Waals surface area contributed by atoms with Crippen LogP contribution in [0.3, 0.4) is 0 Å². The standard InChI is InChI=1S/C13H14F6N2.2ClH/c14-9-3-1-2-8(13(17,18)19)10(9)11(12(15)16)21-6-4-20-5-7-21;;/h1-3,11-12,20H,4-7H2;2*1H/t11-;;/m1../s1. The molecule has 1 aliphatic rings. The quantitative estimate of drug-likeness (QED) is 0.795. The van der Waals surface area contributed by atoms with Gasteiger partial charge in [0.05, 0.1) is 11.6 Å². The lowest BCUT2D eigenvalue weighted by Crippen LogP contribution is -2.47. The predicted octanol–water partition coefficient (Wildman–Crippen LogP) is 3.90. The molecule has 1 saturated heterocycles. The molecule has 1 N–H and O–H groups in total. The molecule has 0 unspecified atom stereocenters. The molecule has 134 valence electrons. The zero-order chi connectivity index (χ0) is 15.6. The number of benzene rings is 1. The highest BCUT2D eigenvalue weighted by atomic mass is 35.5. The summed E-state index contributed by atoms with van der Waals surface area (Å²) in [5.74, 6) is -1.26. The van der Waals surface area contributed by atoms with E-state index in [-0.39, 0.29) is 37.9 Å². The fraction of sp³-hybridized carbons (Fsp3) is 0.538. The van der Waals surface area contributed by atoms with Crippen molar-refractivity contribution in [3.63, 3.8) is 0 Å². The molecule has 2 nitrogen and oxygen atoms in total. The van der Waals surface area contributed by atoms with E-state index in [1.165, 1.54) is 4.90 Å². The zero-order valence-corrected chi connectivity index (χ0v) is 13.4. The maximum Gasteiger partial charge on any atom is 0.416 e. The van der Waals surface area contributed by atoms with Gasteiger partial charge >= 0.3 is 6.18 Å². The van der Waals surface area contributed by atoms with Gasteiger partial charge in [0, 0.05) is 31.7 Å². The van der Waals surface area contributed by atoms with Crippen molar-refractivity contribution in [2.45, 2.75) is 18.6 Å². The summed E-state index contributed by atoms with van der Waals surface area (Å²) in [5.41, 5.74) is -2.31. The Balaban J connectivity index is 0.00000242. The van der Waals surface area contributed by atoms with Crippen molar-refractivity contribution in [3.8, 4) is 0 Å². The average molecular weight is 385 g/mol. The minimum atomic E-state index is -4.88. The van der Waals surface area contributed by atoms with Crippen molar-refractivity contribution in [2.75, 3.05) is 26.2 Å². The summed E-state index contributed by atoms with van der Waals surface area (Å²) in [6, 6.07) is 0.394. The molecule has 1 aromatic carbocycles. The van der Waals surface area contributed by atoms with Gasteiger partial charge in [-0.2, -0.15) is 13.2 Å². The molecule has 2 rings (SSSR count). The Bertz CT molecular complexity index is 492. The van der Waals surface area contributed by atoms with Crippen molar-refractivity contribution in [1.29, 1.82) is 0 Å². The molecule has 1 aliphatic heterocycles. The third kappa shape index (κ3) is 5.14. The van der Waals surface area contributed by atoms with E-state index >= 15 is 0 Å². The Morgan fingerprint density at radius 2 is 1.61 bits per heavy atom. The molecule has 10 heteroatoms. The molecule has 0 saturated carbocycles. The van der Waals surface area contributed by atoms with Crippen molar-refractivity contribution >= 4 is 24.8 Å². The molecule has 0 aromatic heterocycles. The lowest BCUT2D eigenvalue weighted by molar-refractivity contribution is -0.139. The fourth-order valence-electron chi connectivity index (χ4n) is 2.51. The topological polar surface area (TPSA) is 15.3 Å². The molecule has 0 spiro atoms. The highest BCUT2D eigenvalue weighted by Crippen LogP contribution is 2.39. The first-order valence-electron chi connectivity index (χ1n) is 6.41. The number of alkyl halides is 5. The van der Waals surface area contributed by atoms with E-state index in [1.807, 2.05) is 0 Å². The van der Waals surface area contributed by atoms with Gasteiger partial charge in [-0.1, -0.05) is 6.07 Å². The van der Waals surface area contributed by atoms with E-state index in [9.17, 15) is 26.3 Å². The van der Waals surface area contributed by atoms with Crippen LogP contribution >= 0.6 is 24.8 Å². The third-order valence-corrected chi connectivity index (χ3v) is 3.44. The zero-order valence-electron chi connectivity index (χ0n) is 11.7. The Labute approximate surface area is 142 Å². The van der Waals surface area contributed by atoms with E-state index in [1.54, 1.807) is 0 Å². The summed E-state index contributed by atoms with van der Waals surface area (Å²) in [6.07, 6.45) is -7.99. The monoisotopic (exact) mass is 384 g/mol. The molecule has 1 atom stereocenters. The van der Waals surface area contributed by atoms with Crippen molar-refractivity contribution in [2.24, 2.45) is 0 Å². The summed E-state index contributed by atoms with van der Waals surface area (Å²) in [6.45, 7) is 1.03. The number of piperazine rings is 1. The van der Waals surface area contributed by atoms with E-state index < -0.39 is 35.6 Å². The van der Waals surface area contributed by atoms with Gasteiger partial charge in [-0.3, -0.25) is 4.90 Å². The molecular formula is C13H16Cl2F6N2. The molecule has 23 heavy (non-hydrogen) atoms. The first-order chi connectivity index (χ1) is 9.82. The van der Waals surface area contributed by atoms with Crippen LogP contribution in [0.5, 0.6) is 0 Å². The maximum absolute atomic E-state index is 13.9. The maximum atomic E-state index is 13.9. The SMILES string of the molecule is Cl.Cl.Fc1cccc(C(F)(F)F)c1[C@H](C(F)F)N1CCNCC1. The van der Waals surface area contributed by atoms with Crippen LogP contribution < -0.4 is 5.32 Å². The van der Waals surface area contributed by atoms with Crippen LogP contribution in [0.2, 0.25) is 0 Å². The smallest absolute Gasteiger partial charge is 0.314 e. The van der Waals surface area contributed by atoms with Crippen LogP contribution in [0.25, 0.3) is 0 Å². The molecule has 1 fully saturated rings. The van der Waals surface area contributed by atoms with Crippen molar-refractivity contribution in [1.82, 2.24) is 10.2 Å².